The number of nitriles is 1. The summed E-state index contributed by atoms with van der Waals surface area (Å²) in [6.45, 7) is 2.23. The lowest BCUT2D eigenvalue weighted by molar-refractivity contribution is -0.131. The second-order valence-electron chi connectivity index (χ2n) is 10.2. The number of carbonyl (C=O) groups is 2. The molecule has 5 atom stereocenters. The predicted octanol–water partition coefficient (Wildman–Crippen LogP) is 2.00. The van der Waals surface area contributed by atoms with E-state index in [9.17, 15) is 14.9 Å². The topological polar surface area (TPSA) is 140 Å². The van der Waals surface area contributed by atoms with Crippen LogP contribution in [0.15, 0.2) is 17.5 Å². The lowest BCUT2D eigenvalue weighted by atomic mass is 9.76. The van der Waals surface area contributed by atoms with Crippen molar-refractivity contribution >= 4 is 34.5 Å². The summed E-state index contributed by atoms with van der Waals surface area (Å²) in [6.07, 6.45) is 4.07. The number of piperidine rings is 1. The van der Waals surface area contributed by atoms with Gasteiger partial charge < -0.3 is 15.5 Å². The molecule has 12 heteroatoms. The van der Waals surface area contributed by atoms with Gasteiger partial charge in [-0.15, -0.1) is 32.9 Å². The summed E-state index contributed by atoms with van der Waals surface area (Å²) in [5.41, 5.74) is 1.66. The molecule has 1 saturated heterocycles. The van der Waals surface area contributed by atoms with E-state index in [0.717, 1.165) is 41.0 Å². The summed E-state index contributed by atoms with van der Waals surface area (Å²) in [4.78, 5) is 30.4. The maximum atomic E-state index is 13.1. The number of aromatic amines is 1. The highest BCUT2D eigenvalue weighted by molar-refractivity contribution is 7.15. The van der Waals surface area contributed by atoms with Crippen molar-refractivity contribution in [3.8, 4) is 6.07 Å². The molecule has 37 heavy (non-hydrogen) atoms. The number of rotatable bonds is 7. The highest BCUT2D eigenvalue weighted by Crippen LogP contribution is 2.51. The standard InChI is InChI=1S/C25H28N8O2S2/c1-13(28-12-20(34)33-17(11-26)7-16-8-18(16)33)10-25(24-29-31-32-30-24)21-14(5-6-36-21)3-4-15-9-19(23(35)27-2)37-22(15)25/h5-6,9,13,16-18,28H,3-4,7-8,10,12H2,1-2H3,(H,27,35)(H,29,30,31,32)/t13-,16+,17-,18-,25?/m0/s1. The third-order valence-electron chi connectivity index (χ3n) is 7.93. The van der Waals surface area contributed by atoms with Crippen LogP contribution in [0.4, 0.5) is 0 Å². The number of likely N-dealkylation sites (tertiary alicyclic amines) is 1. The van der Waals surface area contributed by atoms with Gasteiger partial charge in [0.15, 0.2) is 5.82 Å². The molecule has 4 heterocycles. The lowest BCUT2D eigenvalue weighted by Crippen LogP contribution is -2.46. The molecule has 3 N–H and O–H groups in total. The summed E-state index contributed by atoms with van der Waals surface area (Å²) < 4.78 is 0. The molecule has 1 aliphatic heterocycles. The lowest BCUT2D eigenvalue weighted by Gasteiger charge is -2.33. The third kappa shape index (κ3) is 3.96. The summed E-state index contributed by atoms with van der Waals surface area (Å²) in [7, 11) is 1.64. The molecule has 192 valence electrons. The largest absolute Gasteiger partial charge is 0.354 e. The van der Waals surface area contributed by atoms with Crippen molar-refractivity contribution in [2.45, 2.75) is 62.6 Å². The number of aromatic nitrogens is 4. The molecule has 6 rings (SSSR count). The van der Waals surface area contributed by atoms with E-state index < -0.39 is 5.41 Å². The number of thiophene rings is 2. The Morgan fingerprint density at radius 1 is 1.32 bits per heavy atom. The van der Waals surface area contributed by atoms with Gasteiger partial charge in [0.2, 0.25) is 5.91 Å². The molecule has 3 aromatic rings. The van der Waals surface area contributed by atoms with Crippen LogP contribution in [0.3, 0.4) is 0 Å². The van der Waals surface area contributed by atoms with Gasteiger partial charge in [0.05, 0.1) is 17.5 Å². The molecule has 1 unspecified atom stereocenters. The zero-order chi connectivity index (χ0) is 25.7. The molecule has 0 radical (unpaired) electrons. The molecule has 2 fully saturated rings. The average molecular weight is 537 g/mol. The molecule has 3 aromatic heterocycles. The van der Waals surface area contributed by atoms with E-state index in [2.05, 4.69) is 55.7 Å². The maximum Gasteiger partial charge on any atom is 0.261 e. The Kier molecular flexibility index (Phi) is 6.09. The normalized spacial score (nSPS) is 26.4. The van der Waals surface area contributed by atoms with Gasteiger partial charge in [-0.25, -0.2) is 0 Å². The summed E-state index contributed by atoms with van der Waals surface area (Å²) in [5, 5.41) is 33.3. The summed E-state index contributed by atoms with van der Waals surface area (Å²) in [5.74, 6) is 0.921. The van der Waals surface area contributed by atoms with Gasteiger partial charge in [-0.2, -0.15) is 10.5 Å². The van der Waals surface area contributed by atoms with E-state index in [1.807, 2.05) is 6.07 Å². The van der Waals surface area contributed by atoms with E-state index in [1.54, 1.807) is 23.3 Å². The van der Waals surface area contributed by atoms with Gasteiger partial charge in [0, 0.05) is 28.9 Å². The number of nitrogens with one attached hydrogen (secondary N) is 3. The van der Waals surface area contributed by atoms with Gasteiger partial charge in [0.25, 0.3) is 5.91 Å². The van der Waals surface area contributed by atoms with Crippen molar-refractivity contribution in [1.29, 1.82) is 5.26 Å². The Hall–Kier alpha value is -3.14. The molecule has 2 amide bonds. The number of aryl methyl sites for hydroxylation is 2. The highest BCUT2D eigenvalue weighted by Gasteiger charge is 2.54. The number of nitrogens with zero attached hydrogens (tertiary/aromatic N) is 5. The Balaban J connectivity index is 1.34. The van der Waals surface area contributed by atoms with E-state index >= 15 is 0 Å². The Morgan fingerprint density at radius 3 is 2.92 bits per heavy atom. The van der Waals surface area contributed by atoms with Crippen molar-refractivity contribution < 1.29 is 9.59 Å². The molecule has 0 aromatic carbocycles. The molecule has 2 aliphatic carbocycles. The smallest absolute Gasteiger partial charge is 0.261 e. The first kappa shape index (κ1) is 24.2. The van der Waals surface area contributed by atoms with Crippen molar-refractivity contribution in [1.82, 2.24) is 36.2 Å². The molecule has 0 spiro atoms. The Bertz CT molecular complexity index is 1380. The Labute approximate surface area is 222 Å². The predicted molar refractivity (Wildman–Crippen MR) is 138 cm³/mol. The van der Waals surface area contributed by atoms with E-state index in [1.165, 1.54) is 16.9 Å². The highest BCUT2D eigenvalue weighted by atomic mass is 32.1. The summed E-state index contributed by atoms with van der Waals surface area (Å²) in [6, 6.07) is 6.28. The van der Waals surface area contributed by atoms with Crippen LogP contribution in [0.25, 0.3) is 0 Å². The van der Waals surface area contributed by atoms with Crippen LogP contribution < -0.4 is 10.6 Å². The minimum absolute atomic E-state index is 0.0200. The first-order valence-electron chi connectivity index (χ1n) is 12.6. The number of hydrogen-bond donors (Lipinski definition) is 3. The Morgan fingerprint density at radius 2 is 2.16 bits per heavy atom. The van der Waals surface area contributed by atoms with Crippen LogP contribution in [0.5, 0.6) is 0 Å². The number of carbonyl (C=O) groups excluding carboxylic acids is 2. The number of tetrazole rings is 1. The van der Waals surface area contributed by atoms with Crippen LogP contribution in [0.2, 0.25) is 0 Å². The fourth-order valence-electron chi connectivity index (χ4n) is 6.13. The van der Waals surface area contributed by atoms with Crippen LogP contribution in [0.1, 0.15) is 62.6 Å². The van der Waals surface area contributed by atoms with Crippen molar-refractivity contribution in [3.63, 3.8) is 0 Å². The molecule has 1 saturated carbocycles. The molecule has 3 aliphatic rings. The monoisotopic (exact) mass is 536 g/mol. The first-order valence-corrected chi connectivity index (χ1v) is 14.3. The minimum Gasteiger partial charge on any atom is -0.354 e. The summed E-state index contributed by atoms with van der Waals surface area (Å²) >= 11 is 3.16. The molecule has 10 nitrogen and oxygen atoms in total. The quantitative estimate of drug-likeness (QED) is 0.420. The van der Waals surface area contributed by atoms with Crippen molar-refractivity contribution in [2.75, 3.05) is 13.6 Å². The SMILES string of the molecule is CNC(=O)c1cc2c(s1)C(C[C@H](C)NCC(=O)N1[C@H](C#N)C[C@@H]3C[C@@H]31)(c1nn[nH]n1)c1sccc1CC2. The zero-order valence-electron chi connectivity index (χ0n) is 20.7. The van der Waals surface area contributed by atoms with E-state index in [4.69, 9.17) is 0 Å². The second kappa shape index (κ2) is 9.31. The van der Waals surface area contributed by atoms with Gasteiger partial charge in [0.1, 0.15) is 11.5 Å². The van der Waals surface area contributed by atoms with Crippen LogP contribution in [-0.4, -0.2) is 69.1 Å². The molecular weight excluding hydrogens is 508 g/mol. The van der Waals surface area contributed by atoms with E-state index in [0.29, 0.717) is 23.0 Å². The van der Waals surface area contributed by atoms with Crippen LogP contribution in [0, 0.1) is 17.2 Å². The average Bonchev–Trinajstić information content (AvgIpc) is 3.43. The number of amides is 2. The van der Waals surface area contributed by atoms with Crippen LogP contribution in [-0.2, 0) is 23.1 Å². The maximum absolute atomic E-state index is 13.1. The fourth-order valence-corrected chi connectivity index (χ4v) is 8.72. The molecule has 0 bridgehead atoms. The number of fused-ring (bicyclic) bond motifs is 3. The minimum atomic E-state index is -0.709. The number of H-pyrrole nitrogens is 1. The third-order valence-corrected chi connectivity index (χ3v) is 10.4. The zero-order valence-corrected chi connectivity index (χ0v) is 22.3. The molecular formula is C25H28N8O2S2. The van der Waals surface area contributed by atoms with Crippen molar-refractivity contribution in [3.05, 3.63) is 49.1 Å². The second-order valence-corrected chi connectivity index (χ2v) is 12.2. The van der Waals surface area contributed by atoms with Crippen molar-refractivity contribution in [2.24, 2.45) is 5.92 Å². The van der Waals surface area contributed by atoms with Gasteiger partial charge in [-0.1, -0.05) is 5.21 Å². The van der Waals surface area contributed by atoms with Gasteiger partial charge >= 0.3 is 0 Å². The first-order chi connectivity index (χ1) is 18.0. The fraction of sp³-hybridized carbons (Fsp3) is 0.520. The van der Waals surface area contributed by atoms with Gasteiger partial charge in [-0.3, -0.25) is 9.59 Å². The van der Waals surface area contributed by atoms with Crippen LogP contribution >= 0.6 is 22.7 Å². The number of hydrogen-bond acceptors (Lipinski definition) is 9. The van der Waals surface area contributed by atoms with E-state index in [-0.39, 0.29) is 36.5 Å². The van der Waals surface area contributed by atoms with Gasteiger partial charge in [-0.05, 0) is 73.6 Å².